The van der Waals surface area contributed by atoms with E-state index in [1.807, 2.05) is 38.1 Å². The summed E-state index contributed by atoms with van der Waals surface area (Å²) in [5.41, 5.74) is 2.37. The molecule has 1 rings (SSSR count). The van der Waals surface area contributed by atoms with Gasteiger partial charge in [-0.25, -0.2) is 13.1 Å². The molecule has 0 radical (unpaired) electrons. The van der Waals surface area contributed by atoms with E-state index in [9.17, 15) is 8.42 Å². The van der Waals surface area contributed by atoms with Crippen molar-refractivity contribution in [1.29, 1.82) is 0 Å². The SMILES string of the molecule is Cc1ccc(C(C)CNS(=O)(=O)C(C)C)cc1. The molecule has 0 heterocycles. The van der Waals surface area contributed by atoms with Crippen LogP contribution in [0.25, 0.3) is 0 Å². The van der Waals surface area contributed by atoms with Gasteiger partial charge in [-0.05, 0) is 32.3 Å². The quantitative estimate of drug-likeness (QED) is 0.878. The second kappa shape index (κ2) is 5.65. The molecular weight excluding hydrogens is 234 g/mol. The first-order chi connectivity index (χ1) is 7.83. The van der Waals surface area contributed by atoms with Gasteiger partial charge in [0.2, 0.25) is 10.0 Å². The van der Waals surface area contributed by atoms with Crippen molar-refractivity contribution in [3.8, 4) is 0 Å². The van der Waals surface area contributed by atoms with Gasteiger partial charge in [-0.15, -0.1) is 0 Å². The fraction of sp³-hybridized carbons (Fsp3) is 0.538. The van der Waals surface area contributed by atoms with Crippen LogP contribution in [0, 0.1) is 6.92 Å². The lowest BCUT2D eigenvalue weighted by atomic mass is 10.0. The second-order valence-electron chi connectivity index (χ2n) is 4.75. The lowest BCUT2D eigenvalue weighted by Gasteiger charge is -2.15. The molecule has 0 fully saturated rings. The van der Waals surface area contributed by atoms with E-state index < -0.39 is 10.0 Å². The Balaban J connectivity index is 2.62. The highest BCUT2D eigenvalue weighted by Crippen LogP contribution is 2.15. The van der Waals surface area contributed by atoms with Crippen molar-refractivity contribution >= 4 is 10.0 Å². The Labute approximate surface area is 104 Å². The molecule has 0 aliphatic rings. The van der Waals surface area contributed by atoms with Gasteiger partial charge < -0.3 is 0 Å². The maximum atomic E-state index is 11.6. The lowest BCUT2D eigenvalue weighted by molar-refractivity contribution is 0.566. The van der Waals surface area contributed by atoms with Gasteiger partial charge in [0.1, 0.15) is 0 Å². The molecule has 17 heavy (non-hydrogen) atoms. The maximum absolute atomic E-state index is 11.6. The van der Waals surface area contributed by atoms with Gasteiger partial charge in [0, 0.05) is 6.54 Å². The molecule has 1 aromatic carbocycles. The fourth-order valence-corrected chi connectivity index (χ4v) is 2.24. The van der Waals surface area contributed by atoms with E-state index in [1.54, 1.807) is 13.8 Å². The summed E-state index contributed by atoms with van der Waals surface area (Å²) in [4.78, 5) is 0. The fourth-order valence-electron chi connectivity index (χ4n) is 1.42. The molecule has 4 heteroatoms. The van der Waals surface area contributed by atoms with Crippen molar-refractivity contribution in [3.05, 3.63) is 35.4 Å². The molecule has 0 aliphatic heterocycles. The van der Waals surface area contributed by atoms with Crippen LogP contribution in [-0.4, -0.2) is 20.2 Å². The van der Waals surface area contributed by atoms with Crippen LogP contribution in [0.1, 0.15) is 37.8 Å². The summed E-state index contributed by atoms with van der Waals surface area (Å²) in [7, 11) is -3.16. The number of rotatable bonds is 5. The number of nitrogens with one attached hydrogen (secondary N) is 1. The van der Waals surface area contributed by atoms with Crippen LogP contribution < -0.4 is 4.72 Å². The standard InChI is InChI=1S/C13H21NO2S/c1-10(2)17(15,16)14-9-12(4)13-7-5-11(3)6-8-13/h5-8,10,12,14H,9H2,1-4H3. The van der Waals surface area contributed by atoms with Gasteiger partial charge in [0.15, 0.2) is 0 Å². The highest BCUT2D eigenvalue weighted by molar-refractivity contribution is 7.90. The zero-order valence-electron chi connectivity index (χ0n) is 10.9. The van der Waals surface area contributed by atoms with E-state index in [2.05, 4.69) is 4.72 Å². The molecule has 0 spiro atoms. The summed E-state index contributed by atoms with van der Waals surface area (Å²) in [6.45, 7) is 7.87. The molecule has 0 amide bonds. The smallest absolute Gasteiger partial charge is 0.213 e. The van der Waals surface area contributed by atoms with E-state index in [1.165, 1.54) is 5.56 Å². The van der Waals surface area contributed by atoms with E-state index in [4.69, 9.17) is 0 Å². The van der Waals surface area contributed by atoms with Crippen LogP contribution in [-0.2, 0) is 10.0 Å². The van der Waals surface area contributed by atoms with Crippen molar-refractivity contribution in [2.24, 2.45) is 0 Å². The summed E-state index contributed by atoms with van der Waals surface area (Å²) < 4.78 is 25.9. The molecule has 0 bridgehead atoms. The van der Waals surface area contributed by atoms with Crippen molar-refractivity contribution < 1.29 is 8.42 Å². The molecule has 1 atom stereocenters. The summed E-state index contributed by atoms with van der Waals surface area (Å²) in [5.74, 6) is 0.184. The van der Waals surface area contributed by atoms with Gasteiger partial charge >= 0.3 is 0 Å². The molecule has 0 saturated carbocycles. The average Bonchev–Trinajstić information content (AvgIpc) is 2.27. The van der Waals surface area contributed by atoms with Crippen molar-refractivity contribution in [2.75, 3.05) is 6.54 Å². The summed E-state index contributed by atoms with van der Waals surface area (Å²) in [6, 6.07) is 8.18. The molecule has 1 unspecified atom stereocenters. The van der Waals surface area contributed by atoms with Crippen LogP contribution in [0.3, 0.4) is 0 Å². The minimum atomic E-state index is -3.16. The highest BCUT2D eigenvalue weighted by Gasteiger charge is 2.16. The first kappa shape index (κ1) is 14.2. The number of hydrogen-bond donors (Lipinski definition) is 1. The minimum Gasteiger partial charge on any atom is -0.214 e. The van der Waals surface area contributed by atoms with Crippen LogP contribution in [0.15, 0.2) is 24.3 Å². The van der Waals surface area contributed by atoms with Gasteiger partial charge in [-0.1, -0.05) is 36.8 Å². The van der Waals surface area contributed by atoms with Crippen LogP contribution in [0.2, 0.25) is 0 Å². The van der Waals surface area contributed by atoms with Crippen molar-refractivity contribution in [3.63, 3.8) is 0 Å². The Hall–Kier alpha value is -0.870. The largest absolute Gasteiger partial charge is 0.214 e. The highest BCUT2D eigenvalue weighted by atomic mass is 32.2. The second-order valence-corrected chi connectivity index (χ2v) is 7.08. The molecule has 0 aromatic heterocycles. The number of aryl methyl sites for hydroxylation is 1. The zero-order valence-corrected chi connectivity index (χ0v) is 11.7. The van der Waals surface area contributed by atoms with Gasteiger partial charge in [0.05, 0.1) is 5.25 Å². The summed E-state index contributed by atoms with van der Waals surface area (Å²) >= 11 is 0. The third-order valence-electron chi connectivity index (χ3n) is 2.86. The predicted molar refractivity (Wildman–Crippen MR) is 71.7 cm³/mol. The summed E-state index contributed by atoms with van der Waals surface area (Å²) in [6.07, 6.45) is 0. The van der Waals surface area contributed by atoms with Crippen LogP contribution in [0.4, 0.5) is 0 Å². The average molecular weight is 255 g/mol. The Morgan fingerprint density at radius 1 is 1.12 bits per heavy atom. The van der Waals surface area contributed by atoms with Crippen LogP contribution >= 0.6 is 0 Å². The molecule has 0 saturated heterocycles. The molecule has 1 N–H and O–H groups in total. The van der Waals surface area contributed by atoms with Gasteiger partial charge in [-0.3, -0.25) is 0 Å². The Kier molecular flexibility index (Phi) is 4.71. The minimum absolute atomic E-state index is 0.184. The molecule has 0 aliphatic carbocycles. The topological polar surface area (TPSA) is 46.2 Å². The third-order valence-corrected chi connectivity index (χ3v) is 4.67. The first-order valence-corrected chi connectivity index (χ1v) is 7.42. The maximum Gasteiger partial charge on any atom is 0.213 e. The molecule has 3 nitrogen and oxygen atoms in total. The van der Waals surface area contributed by atoms with E-state index in [0.717, 1.165) is 5.56 Å². The Bertz CT molecular complexity index is 449. The number of sulfonamides is 1. The van der Waals surface area contributed by atoms with Gasteiger partial charge in [-0.2, -0.15) is 0 Å². The summed E-state index contributed by atoms with van der Waals surface area (Å²) in [5, 5.41) is -0.382. The normalized spacial score (nSPS) is 13.9. The zero-order chi connectivity index (χ0) is 13.1. The predicted octanol–water partition coefficient (Wildman–Crippen LogP) is 2.43. The molecule has 1 aromatic rings. The Morgan fingerprint density at radius 3 is 2.12 bits per heavy atom. The number of benzene rings is 1. The van der Waals surface area contributed by atoms with Gasteiger partial charge in [0.25, 0.3) is 0 Å². The number of hydrogen-bond acceptors (Lipinski definition) is 2. The molecule has 96 valence electrons. The first-order valence-electron chi connectivity index (χ1n) is 5.88. The Morgan fingerprint density at radius 2 is 1.65 bits per heavy atom. The lowest BCUT2D eigenvalue weighted by Crippen LogP contribution is -2.33. The van der Waals surface area contributed by atoms with E-state index >= 15 is 0 Å². The van der Waals surface area contributed by atoms with E-state index in [0.29, 0.717) is 6.54 Å². The van der Waals surface area contributed by atoms with Crippen molar-refractivity contribution in [2.45, 2.75) is 38.9 Å². The monoisotopic (exact) mass is 255 g/mol. The van der Waals surface area contributed by atoms with E-state index in [-0.39, 0.29) is 11.2 Å². The molecular formula is C13H21NO2S. The third kappa shape index (κ3) is 4.13. The van der Waals surface area contributed by atoms with Crippen LogP contribution in [0.5, 0.6) is 0 Å². The van der Waals surface area contributed by atoms with Crippen molar-refractivity contribution in [1.82, 2.24) is 4.72 Å².